The Hall–Kier alpha value is -2.83. The lowest BCUT2D eigenvalue weighted by Gasteiger charge is -2.25. The molecule has 0 saturated heterocycles. The lowest BCUT2D eigenvalue weighted by molar-refractivity contribution is -0.147. The van der Waals surface area contributed by atoms with Crippen molar-refractivity contribution in [1.82, 2.24) is 10.5 Å². The average Bonchev–Trinajstić information content (AvgIpc) is 3.22. The quantitative estimate of drug-likeness (QED) is 0.775. The van der Waals surface area contributed by atoms with E-state index in [-0.39, 0.29) is 12.3 Å². The standard InChI is InChI=1S/C20H24N2O5/c1-13-17(14(2)27-22-13)12-26-16-7-5-15(6-8-16)11-18(23)21-20(19(24)25)9-3-4-10-20/h5-8H,3-4,9-12H2,1-2H3,(H,21,23)(H,24,25). The predicted octanol–water partition coefficient (Wildman–Crippen LogP) is 2.93. The molecule has 1 aliphatic carbocycles. The SMILES string of the molecule is Cc1noc(C)c1COc1ccc(CC(=O)NC2(C(=O)O)CCCC2)cc1. The van der Waals surface area contributed by atoms with E-state index in [2.05, 4.69) is 10.5 Å². The number of nitrogens with zero attached hydrogens (tertiary/aromatic N) is 1. The van der Waals surface area contributed by atoms with Crippen molar-refractivity contribution < 1.29 is 24.0 Å². The summed E-state index contributed by atoms with van der Waals surface area (Å²) < 4.78 is 10.9. The zero-order chi connectivity index (χ0) is 19.4. The van der Waals surface area contributed by atoms with Crippen LogP contribution in [-0.2, 0) is 22.6 Å². The molecule has 0 bridgehead atoms. The zero-order valence-corrected chi connectivity index (χ0v) is 15.6. The second-order valence-corrected chi connectivity index (χ2v) is 7.05. The van der Waals surface area contributed by atoms with Gasteiger partial charge in [-0.3, -0.25) is 4.79 Å². The van der Waals surface area contributed by atoms with Crippen LogP contribution in [0.5, 0.6) is 5.75 Å². The van der Waals surface area contributed by atoms with E-state index in [0.717, 1.165) is 35.4 Å². The third-order valence-electron chi connectivity index (χ3n) is 5.10. The highest BCUT2D eigenvalue weighted by Crippen LogP contribution is 2.30. The normalized spacial score (nSPS) is 15.5. The van der Waals surface area contributed by atoms with Crippen LogP contribution in [0.4, 0.5) is 0 Å². The number of ether oxygens (including phenoxy) is 1. The number of aliphatic carboxylic acids is 1. The minimum Gasteiger partial charge on any atom is -0.489 e. The van der Waals surface area contributed by atoms with Crippen LogP contribution in [0.1, 0.15) is 48.3 Å². The van der Waals surface area contributed by atoms with Gasteiger partial charge in [0.05, 0.1) is 17.7 Å². The van der Waals surface area contributed by atoms with Gasteiger partial charge in [-0.2, -0.15) is 0 Å². The molecule has 3 rings (SSSR count). The number of hydrogen-bond acceptors (Lipinski definition) is 5. The van der Waals surface area contributed by atoms with E-state index in [1.807, 2.05) is 26.0 Å². The Balaban J connectivity index is 1.56. The Morgan fingerprint density at radius 3 is 2.44 bits per heavy atom. The van der Waals surface area contributed by atoms with Crippen molar-refractivity contribution in [2.24, 2.45) is 0 Å². The van der Waals surface area contributed by atoms with Gasteiger partial charge in [-0.05, 0) is 44.4 Å². The van der Waals surface area contributed by atoms with Crippen molar-refractivity contribution in [3.05, 3.63) is 46.8 Å². The molecule has 0 spiro atoms. The first-order valence-electron chi connectivity index (χ1n) is 9.07. The molecule has 1 saturated carbocycles. The van der Waals surface area contributed by atoms with Gasteiger partial charge in [-0.15, -0.1) is 0 Å². The van der Waals surface area contributed by atoms with E-state index in [4.69, 9.17) is 9.26 Å². The Morgan fingerprint density at radius 2 is 1.89 bits per heavy atom. The predicted molar refractivity (Wildman–Crippen MR) is 97.4 cm³/mol. The fourth-order valence-corrected chi connectivity index (χ4v) is 3.43. The van der Waals surface area contributed by atoms with Crippen LogP contribution in [0, 0.1) is 13.8 Å². The molecule has 27 heavy (non-hydrogen) atoms. The number of aromatic nitrogens is 1. The number of benzene rings is 1. The number of aryl methyl sites for hydroxylation is 2. The summed E-state index contributed by atoms with van der Waals surface area (Å²) in [5, 5.41) is 16.1. The van der Waals surface area contributed by atoms with Gasteiger partial charge in [-0.25, -0.2) is 4.79 Å². The highest BCUT2D eigenvalue weighted by atomic mass is 16.5. The highest BCUT2D eigenvalue weighted by molar-refractivity contribution is 5.88. The monoisotopic (exact) mass is 372 g/mol. The van der Waals surface area contributed by atoms with Crippen molar-refractivity contribution in [3.63, 3.8) is 0 Å². The number of hydrogen-bond donors (Lipinski definition) is 2. The molecular weight excluding hydrogens is 348 g/mol. The maximum absolute atomic E-state index is 12.3. The summed E-state index contributed by atoms with van der Waals surface area (Å²) in [5.41, 5.74) is 1.43. The molecule has 144 valence electrons. The topological polar surface area (TPSA) is 102 Å². The number of carbonyl (C=O) groups excluding carboxylic acids is 1. The summed E-state index contributed by atoms with van der Waals surface area (Å²) in [5.74, 6) is 0.192. The summed E-state index contributed by atoms with van der Waals surface area (Å²) in [6.07, 6.45) is 2.76. The van der Waals surface area contributed by atoms with Crippen LogP contribution in [0.15, 0.2) is 28.8 Å². The maximum Gasteiger partial charge on any atom is 0.329 e. The maximum atomic E-state index is 12.3. The summed E-state index contributed by atoms with van der Waals surface area (Å²) in [6, 6.07) is 7.21. The number of carboxylic acids is 1. The third-order valence-corrected chi connectivity index (χ3v) is 5.10. The molecule has 0 atom stereocenters. The number of rotatable bonds is 7. The summed E-state index contributed by atoms with van der Waals surface area (Å²) in [7, 11) is 0. The lowest BCUT2D eigenvalue weighted by Crippen LogP contribution is -2.52. The fourth-order valence-electron chi connectivity index (χ4n) is 3.43. The van der Waals surface area contributed by atoms with E-state index in [9.17, 15) is 14.7 Å². The van der Waals surface area contributed by atoms with Crippen LogP contribution in [0.25, 0.3) is 0 Å². The highest BCUT2D eigenvalue weighted by Gasteiger charge is 2.42. The molecule has 0 unspecified atom stereocenters. The van der Waals surface area contributed by atoms with Crippen molar-refractivity contribution in [2.75, 3.05) is 0 Å². The molecular formula is C20H24N2O5. The van der Waals surface area contributed by atoms with Gasteiger partial charge in [0.1, 0.15) is 23.7 Å². The molecule has 1 aromatic heterocycles. The van der Waals surface area contributed by atoms with Gasteiger partial charge >= 0.3 is 5.97 Å². The van der Waals surface area contributed by atoms with Crippen molar-refractivity contribution in [2.45, 2.75) is 58.1 Å². The molecule has 0 radical (unpaired) electrons. The number of nitrogens with one attached hydrogen (secondary N) is 1. The first kappa shape index (κ1) is 18.9. The largest absolute Gasteiger partial charge is 0.489 e. The van der Waals surface area contributed by atoms with Crippen LogP contribution in [-0.4, -0.2) is 27.7 Å². The van der Waals surface area contributed by atoms with Crippen molar-refractivity contribution in [1.29, 1.82) is 0 Å². The first-order chi connectivity index (χ1) is 12.9. The Kier molecular flexibility index (Phi) is 5.48. The van der Waals surface area contributed by atoms with Gasteiger partial charge in [0.15, 0.2) is 0 Å². The smallest absolute Gasteiger partial charge is 0.329 e. The van der Waals surface area contributed by atoms with Crippen molar-refractivity contribution >= 4 is 11.9 Å². The molecule has 1 aliphatic rings. The zero-order valence-electron chi connectivity index (χ0n) is 15.6. The van der Waals surface area contributed by atoms with Gasteiger partial charge in [0.2, 0.25) is 5.91 Å². The summed E-state index contributed by atoms with van der Waals surface area (Å²) >= 11 is 0. The molecule has 7 heteroatoms. The van der Waals surface area contributed by atoms with Crippen LogP contribution in [0.2, 0.25) is 0 Å². The third kappa shape index (κ3) is 4.30. The lowest BCUT2D eigenvalue weighted by atomic mass is 9.97. The van der Waals surface area contributed by atoms with Crippen molar-refractivity contribution in [3.8, 4) is 5.75 Å². The van der Waals surface area contributed by atoms with Gasteiger partial charge in [0, 0.05) is 0 Å². The van der Waals surface area contributed by atoms with E-state index in [0.29, 0.717) is 25.2 Å². The Bertz CT molecular complexity index is 800. The van der Waals surface area contributed by atoms with Gasteiger partial charge < -0.3 is 19.7 Å². The number of carbonyl (C=O) groups is 2. The Labute approximate surface area is 157 Å². The Morgan fingerprint density at radius 1 is 1.22 bits per heavy atom. The van der Waals surface area contributed by atoms with Gasteiger partial charge in [0.25, 0.3) is 0 Å². The minimum absolute atomic E-state index is 0.138. The first-order valence-corrected chi connectivity index (χ1v) is 9.07. The average molecular weight is 372 g/mol. The van der Waals surface area contributed by atoms with Crippen LogP contribution < -0.4 is 10.1 Å². The van der Waals surface area contributed by atoms with E-state index in [1.165, 1.54) is 0 Å². The molecule has 1 fully saturated rings. The molecule has 0 aliphatic heterocycles. The second kappa shape index (κ2) is 7.82. The van der Waals surface area contributed by atoms with E-state index in [1.54, 1.807) is 12.1 Å². The fraction of sp³-hybridized carbons (Fsp3) is 0.450. The minimum atomic E-state index is -1.10. The number of carboxylic acid groups (broad SMARTS) is 1. The summed E-state index contributed by atoms with van der Waals surface area (Å²) in [6.45, 7) is 4.07. The second-order valence-electron chi connectivity index (χ2n) is 7.05. The number of amides is 1. The summed E-state index contributed by atoms with van der Waals surface area (Å²) in [4.78, 5) is 23.8. The van der Waals surface area contributed by atoms with E-state index >= 15 is 0 Å². The van der Waals surface area contributed by atoms with Crippen LogP contribution in [0.3, 0.4) is 0 Å². The van der Waals surface area contributed by atoms with E-state index < -0.39 is 11.5 Å². The molecule has 1 aromatic carbocycles. The molecule has 7 nitrogen and oxygen atoms in total. The molecule has 2 aromatic rings. The molecule has 1 heterocycles. The molecule has 1 amide bonds. The van der Waals surface area contributed by atoms with Crippen LogP contribution >= 0.6 is 0 Å². The van der Waals surface area contributed by atoms with Gasteiger partial charge in [-0.1, -0.05) is 30.1 Å². The molecule has 2 N–H and O–H groups in total.